The molecule has 1 aromatic carbocycles. The molecule has 0 fully saturated rings. The van der Waals surface area contributed by atoms with Gasteiger partial charge in [-0.2, -0.15) is 10.2 Å². The van der Waals surface area contributed by atoms with Gasteiger partial charge in [-0.15, -0.1) is 0 Å². The lowest BCUT2D eigenvalue weighted by molar-refractivity contribution is 0.0947. The quantitative estimate of drug-likeness (QED) is 0.698. The van der Waals surface area contributed by atoms with Gasteiger partial charge < -0.3 is 5.32 Å². The van der Waals surface area contributed by atoms with Crippen LogP contribution in [0.25, 0.3) is 10.9 Å². The van der Waals surface area contributed by atoms with E-state index in [4.69, 9.17) is 11.6 Å². The fourth-order valence-electron chi connectivity index (χ4n) is 2.65. The third-order valence-electron chi connectivity index (χ3n) is 3.99. The molecule has 6 nitrogen and oxygen atoms in total. The average molecular weight is 346 g/mol. The number of carbonyl (C=O) groups is 1. The summed E-state index contributed by atoms with van der Waals surface area (Å²) in [5.41, 5.74) is 2.61. The maximum Gasteiger partial charge on any atom is 0.273 e. The Hall–Kier alpha value is -2.34. The molecule has 3 aromatic rings. The molecule has 0 bridgehead atoms. The van der Waals surface area contributed by atoms with Crippen LogP contribution in [-0.2, 0) is 13.1 Å². The molecular formula is C17H20ClN5O. The van der Waals surface area contributed by atoms with Crippen molar-refractivity contribution in [2.45, 2.75) is 33.4 Å². The summed E-state index contributed by atoms with van der Waals surface area (Å²) in [5.74, 6) is -0.242. The minimum Gasteiger partial charge on any atom is -0.351 e. The lowest BCUT2D eigenvalue weighted by atomic mass is 10.1. The Bertz CT molecular complexity index is 867. The molecule has 2 heterocycles. The van der Waals surface area contributed by atoms with Crippen molar-refractivity contribution in [3.8, 4) is 0 Å². The number of carbonyl (C=O) groups excluding carboxylic acids is 1. The van der Waals surface area contributed by atoms with Gasteiger partial charge in [0.25, 0.3) is 5.91 Å². The van der Waals surface area contributed by atoms with Crippen molar-refractivity contribution in [3.63, 3.8) is 0 Å². The first kappa shape index (κ1) is 16.5. The van der Waals surface area contributed by atoms with Crippen molar-refractivity contribution in [2.75, 3.05) is 6.54 Å². The number of hydrogen-bond acceptors (Lipinski definition) is 3. The summed E-state index contributed by atoms with van der Waals surface area (Å²) in [4.78, 5) is 12.1. The van der Waals surface area contributed by atoms with E-state index in [-0.39, 0.29) is 11.6 Å². The Labute approximate surface area is 145 Å². The first-order valence-corrected chi connectivity index (χ1v) is 8.40. The van der Waals surface area contributed by atoms with Crippen LogP contribution in [0.4, 0.5) is 0 Å². The highest BCUT2D eigenvalue weighted by atomic mass is 35.5. The highest BCUT2D eigenvalue weighted by molar-refractivity contribution is 6.33. The number of rotatable bonds is 6. The summed E-state index contributed by atoms with van der Waals surface area (Å²) < 4.78 is 3.61. The largest absolute Gasteiger partial charge is 0.351 e. The minimum absolute atomic E-state index is 0.242. The summed E-state index contributed by atoms with van der Waals surface area (Å²) in [7, 11) is 0. The van der Waals surface area contributed by atoms with Crippen molar-refractivity contribution in [1.29, 1.82) is 0 Å². The Kier molecular flexibility index (Phi) is 4.85. The smallest absolute Gasteiger partial charge is 0.273 e. The molecule has 126 valence electrons. The summed E-state index contributed by atoms with van der Waals surface area (Å²) in [6, 6.07) is 6.17. The number of amides is 1. The van der Waals surface area contributed by atoms with Crippen LogP contribution in [0.5, 0.6) is 0 Å². The fourth-order valence-corrected chi connectivity index (χ4v) is 2.89. The van der Waals surface area contributed by atoms with Gasteiger partial charge in [-0.1, -0.05) is 23.7 Å². The Morgan fingerprint density at radius 2 is 2.21 bits per heavy atom. The topological polar surface area (TPSA) is 64.7 Å². The Morgan fingerprint density at radius 1 is 1.38 bits per heavy atom. The van der Waals surface area contributed by atoms with Crippen molar-refractivity contribution >= 4 is 28.4 Å². The standard InChI is InChI=1S/C17H20ClN5O/c1-3-22-11-14(18)16(21-22)17(24)19-8-5-9-23-15-7-4-6-12(2)13(15)10-20-23/h4,6-7,10-11H,3,5,8-9H2,1-2H3,(H,19,24). The van der Waals surface area contributed by atoms with Crippen molar-refractivity contribution in [3.05, 3.63) is 46.9 Å². The monoisotopic (exact) mass is 345 g/mol. The van der Waals surface area contributed by atoms with Gasteiger partial charge in [0.15, 0.2) is 5.69 Å². The van der Waals surface area contributed by atoms with E-state index in [0.29, 0.717) is 18.1 Å². The van der Waals surface area contributed by atoms with Crippen molar-refractivity contribution in [2.24, 2.45) is 0 Å². The first-order valence-electron chi connectivity index (χ1n) is 8.02. The van der Waals surface area contributed by atoms with Gasteiger partial charge in [0.05, 0.1) is 16.7 Å². The fraction of sp³-hybridized carbons (Fsp3) is 0.353. The van der Waals surface area contributed by atoms with Crippen LogP contribution in [0.2, 0.25) is 5.02 Å². The Morgan fingerprint density at radius 3 is 2.96 bits per heavy atom. The first-order chi connectivity index (χ1) is 11.6. The predicted molar refractivity (Wildman–Crippen MR) is 94.3 cm³/mol. The molecule has 0 aliphatic heterocycles. The van der Waals surface area contributed by atoms with Crippen molar-refractivity contribution < 1.29 is 4.79 Å². The summed E-state index contributed by atoms with van der Waals surface area (Å²) >= 11 is 6.03. The highest BCUT2D eigenvalue weighted by Gasteiger charge is 2.14. The lowest BCUT2D eigenvalue weighted by Crippen LogP contribution is -2.26. The average Bonchev–Trinajstić information content (AvgIpc) is 3.16. The van der Waals surface area contributed by atoms with Crippen LogP contribution in [0, 0.1) is 6.92 Å². The normalized spacial score (nSPS) is 11.1. The number of aromatic nitrogens is 4. The zero-order valence-corrected chi connectivity index (χ0v) is 14.5. The number of aryl methyl sites for hydroxylation is 3. The number of nitrogens with zero attached hydrogens (tertiary/aromatic N) is 4. The number of halogens is 1. The zero-order chi connectivity index (χ0) is 17.1. The van der Waals surface area contributed by atoms with Crippen LogP contribution >= 0.6 is 11.6 Å². The summed E-state index contributed by atoms with van der Waals surface area (Å²) in [5, 5.41) is 13.0. The third-order valence-corrected chi connectivity index (χ3v) is 4.27. The van der Waals surface area contributed by atoms with Crippen LogP contribution in [0.3, 0.4) is 0 Å². The highest BCUT2D eigenvalue weighted by Crippen LogP contribution is 2.17. The molecule has 0 spiro atoms. The van der Waals surface area contributed by atoms with E-state index in [1.54, 1.807) is 10.9 Å². The van der Waals surface area contributed by atoms with Crippen LogP contribution in [0.1, 0.15) is 29.4 Å². The predicted octanol–water partition coefficient (Wildman–Crippen LogP) is 3.03. The number of benzene rings is 1. The second kappa shape index (κ2) is 7.05. The van der Waals surface area contributed by atoms with Crippen LogP contribution in [0.15, 0.2) is 30.6 Å². The van der Waals surface area contributed by atoms with Gasteiger partial charge in [-0.25, -0.2) is 0 Å². The molecule has 0 unspecified atom stereocenters. The van der Waals surface area contributed by atoms with Gasteiger partial charge in [0.2, 0.25) is 0 Å². The van der Waals surface area contributed by atoms with E-state index < -0.39 is 0 Å². The van der Waals surface area contributed by atoms with E-state index in [1.807, 2.05) is 23.9 Å². The molecule has 0 radical (unpaired) electrons. The van der Waals surface area contributed by atoms with Gasteiger partial charge in [-0.05, 0) is 31.9 Å². The second-order valence-corrected chi connectivity index (χ2v) is 6.07. The molecule has 0 aliphatic carbocycles. The van der Waals surface area contributed by atoms with Crippen LogP contribution in [-0.4, -0.2) is 32.0 Å². The van der Waals surface area contributed by atoms with E-state index in [2.05, 4.69) is 34.6 Å². The maximum absolute atomic E-state index is 12.1. The molecule has 1 amide bonds. The Balaban J connectivity index is 1.55. The maximum atomic E-state index is 12.1. The lowest BCUT2D eigenvalue weighted by Gasteiger charge is -2.06. The number of fused-ring (bicyclic) bond motifs is 1. The van der Waals surface area contributed by atoms with Crippen molar-refractivity contribution in [1.82, 2.24) is 24.9 Å². The SMILES string of the molecule is CCn1cc(Cl)c(C(=O)NCCCn2ncc3c(C)cccc32)n1. The summed E-state index contributed by atoms with van der Waals surface area (Å²) in [6.45, 7) is 5.99. The number of hydrogen-bond donors (Lipinski definition) is 1. The van der Waals surface area contributed by atoms with E-state index in [0.717, 1.165) is 18.5 Å². The molecular weight excluding hydrogens is 326 g/mol. The molecule has 7 heteroatoms. The molecule has 0 saturated heterocycles. The molecule has 3 rings (SSSR count). The molecule has 2 aromatic heterocycles. The van der Waals surface area contributed by atoms with Gasteiger partial charge in [0.1, 0.15) is 0 Å². The van der Waals surface area contributed by atoms with Gasteiger partial charge >= 0.3 is 0 Å². The van der Waals surface area contributed by atoms with E-state index in [9.17, 15) is 4.79 Å². The minimum atomic E-state index is -0.242. The zero-order valence-electron chi connectivity index (χ0n) is 13.8. The molecule has 1 N–H and O–H groups in total. The third kappa shape index (κ3) is 3.28. The van der Waals surface area contributed by atoms with Gasteiger partial charge in [-0.3, -0.25) is 14.2 Å². The van der Waals surface area contributed by atoms with E-state index >= 15 is 0 Å². The molecule has 0 atom stereocenters. The molecule has 24 heavy (non-hydrogen) atoms. The van der Waals surface area contributed by atoms with E-state index in [1.165, 1.54) is 10.9 Å². The van der Waals surface area contributed by atoms with Crippen LogP contribution < -0.4 is 5.32 Å². The molecule has 0 aliphatic rings. The molecule has 0 saturated carbocycles. The summed E-state index contributed by atoms with van der Waals surface area (Å²) in [6.07, 6.45) is 4.33. The van der Waals surface area contributed by atoms with Gasteiger partial charge in [0, 0.05) is 31.2 Å². The second-order valence-electron chi connectivity index (χ2n) is 5.67. The number of nitrogens with one attached hydrogen (secondary N) is 1.